The van der Waals surface area contributed by atoms with E-state index in [-0.39, 0.29) is 0 Å². The number of rotatable bonds is 4. The molecule has 17 heavy (non-hydrogen) atoms. The number of nitrogens with zero attached hydrogens (tertiary/aromatic N) is 2. The van der Waals surface area contributed by atoms with Crippen LogP contribution in [0.15, 0.2) is 18.5 Å². The molecule has 0 radical (unpaired) electrons. The molecule has 4 heteroatoms. The van der Waals surface area contributed by atoms with Crippen molar-refractivity contribution in [2.75, 3.05) is 7.05 Å². The van der Waals surface area contributed by atoms with Crippen molar-refractivity contribution in [2.45, 2.75) is 33.4 Å². The summed E-state index contributed by atoms with van der Waals surface area (Å²) in [5.74, 6) is 0. The Bertz CT molecular complexity index is 479. The number of aromatic nitrogens is 2. The van der Waals surface area contributed by atoms with Crippen LogP contribution in [0.1, 0.15) is 34.1 Å². The normalized spacial score (nSPS) is 12.9. The molecule has 0 spiro atoms. The number of thiazole rings is 1. The number of nitrogens with one attached hydrogen (secondary N) is 1. The van der Waals surface area contributed by atoms with E-state index in [4.69, 9.17) is 0 Å². The van der Waals surface area contributed by atoms with Gasteiger partial charge in [-0.25, -0.2) is 4.98 Å². The molecule has 2 rings (SSSR count). The summed E-state index contributed by atoms with van der Waals surface area (Å²) < 4.78 is 2.20. The fourth-order valence-electron chi connectivity index (χ4n) is 1.74. The van der Waals surface area contributed by atoms with Gasteiger partial charge in [-0.05, 0) is 39.4 Å². The Morgan fingerprint density at radius 1 is 1.47 bits per heavy atom. The Balaban J connectivity index is 2.11. The molecule has 0 saturated carbocycles. The number of hydrogen-bond acceptors (Lipinski definition) is 3. The van der Waals surface area contributed by atoms with Gasteiger partial charge in [-0.1, -0.05) is 0 Å². The maximum Gasteiger partial charge on any atom is 0.113 e. The molecule has 0 saturated heterocycles. The summed E-state index contributed by atoms with van der Waals surface area (Å²) in [7, 11) is 1.98. The van der Waals surface area contributed by atoms with Gasteiger partial charge in [0.1, 0.15) is 5.01 Å². The third kappa shape index (κ3) is 2.76. The summed E-state index contributed by atoms with van der Waals surface area (Å²) in [5, 5.41) is 4.43. The fourth-order valence-corrected chi connectivity index (χ4v) is 2.69. The molecule has 0 aliphatic rings. The molecule has 2 aromatic rings. The average Bonchev–Trinajstić information content (AvgIpc) is 2.87. The van der Waals surface area contributed by atoms with E-state index in [9.17, 15) is 0 Å². The smallest absolute Gasteiger partial charge is 0.113 e. The summed E-state index contributed by atoms with van der Waals surface area (Å²) in [4.78, 5) is 5.88. The van der Waals surface area contributed by atoms with Gasteiger partial charge in [-0.15, -0.1) is 11.3 Å². The lowest BCUT2D eigenvalue weighted by molar-refractivity contribution is 0.649. The maximum atomic E-state index is 4.56. The standard InChI is InChI=1S/C13H19N3S/c1-9-11(3)17-13(15-9)8-16-6-5-12(7-16)10(2)14-4/h5-7,10,14H,8H2,1-4H3. The fraction of sp³-hybridized carbons (Fsp3) is 0.462. The van der Waals surface area contributed by atoms with Crippen LogP contribution < -0.4 is 5.32 Å². The van der Waals surface area contributed by atoms with Crippen LogP contribution >= 0.6 is 11.3 Å². The van der Waals surface area contributed by atoms with E-state index in [1.54, 1.807) is 11.3 Å². The second-order valence-corrected chi connectivity index (χ2v) is 5.66. The molecular formula is C13H19N3S. The molecule has 1 atom stereocenters. The van der Waals surface area contributed by atoms with Crippen LogP contribution in [-0.4, -0.2) is 16.6 Å². The summed E-state index contributed by atoms with van der Waals surface area (Å²) >= 11 is 1.79. The predicted molar refractivity (Wildman–Crippen MR) is 72.6 cm³/mol. The van der Waals surface area contributed by atoms with Crippen LogP contribution in [0.2, 0.25) is 0 Å². The van der Waals surface area contributed by atoms with Crippen molar-refractivity contribution in [2.24, 2.45) is 0 Å². The van der Waals surface area contributed by atoms with E-state index < -0.39 is 0 Å². The van der Waals surface area contributed by atoms with Gasteiger partial charge < -0.3 is 9.88 Å². The molecule has 1 N–H and O–H groups in total. The Morgan fingerprint density at radius 2 is 2.24 bits per heavy atom. The first-order valence-electron chi connectivity index (χ1n) is 5.86. The zero-order chi connectivity index (χ0) is 12.4. The lowest BCUT2D eigenvalue weighted by Gasteiger charge is -2.06. The lowest BCUT2D eigenvalue weighted by atomic mass is 10.2. The highest BCUT2D eigenvalue weighted by Crippen LogP contribution is 2.19. The Morgan fingerprint density at radius 3 is 2.82 bits per heavy atom. The Labute approximate surface area is 107 Å². The number of hydrogen-bond donors (Lipinski definition) is 1. The van der Waals surface area contributed by atoms with Crippen LogP contribution in [0, 0.1) is 13.8 Å². The van der Waals surface area contributed by atoms with Crippen LogP contribution in [0.25, 0.3) is 0 Å². The summed E-state index contributed by atoms with van der Waals surface area (Å²) in [6, 6.07) is 2.56. The van der Waals surface area contributed by atoms with Gasteiger partial charge in [0, 0.05) is 23.3 Å². The highest BCUT2D eigenvalue weighted by Gasteiger charge is 2.07. The minimum Gasteiger partial charge on any atom is -0.347 e. The monoisotopic (exact) mass is 249 g/mol. The molecule has 0 aliphatic carbocycles. The van der Waals surface area contributed by atoms with Gasteiger partial charge in [0.25, 0.3) is 0 Å². The third-order valence-corrected chi connectivity index (χ3v) is 4.15. The predicted octanol–water partition coefficient (Wildman–Crippen LogP) is 2.89. The van der Waals surface area contributed by atoms with Crippen molar-refractivity contribution >= 4 is 11.3 Å². The lowest BCUT2D eigenvalue weighted by Crippen LogP contribution is -2.11. The van der Waals surface area contributed by atoms with Crippen LogP contribution in [0.5, 0.6) is 0 Å². The second-order valence-electron chi connectivity index (χ2n) is 4.38. The van der Waals surface area contributed by atoms with Crippen LogP contribution in [0.4, 0.5) is 0 Å². The topological polar surface area (TPSA) is 29.9 Å². The largest absolute Gasteiger partial charge is 0.347 e. The highest BCUT2D eigenvalue weighted by molar-refractivity contribution is 7.11. The summed E-state index contributed by atoms with van der Waals surface area (Å²) in [6.07, 6.45) is 4.31. The van der Waals surface area contributed by atoms with E-state index in [0.29, 0.717) is 6.04 Å². The summed E-state index contributed by atoms with van der Waals surface area (Å²) in [5.41, 5.74) is 2.47. The van der Waals surface area contributed by atoms with E-state index >= 15 is 0 Å². The van der Waals surface area contributed by atoms with Crippen LogP contribution in [-0.2, 0) is 6.54 Å². The molecular weight excluding hydrogens is 230 g/mol. The minimum atomic E-state index is 0.399. The first-order valence-corrected chi connectivity index (χ1v) is 6.67. The van der Waals surface area contributed by atoms with Crippen molar-refractivity contribution < 1.29 is 0 Å². The second kappa shape index (κ2) is 5.02. The van der Waals surface area contributed by atoms with E-state index in [0.717, 1.165) is 12.2 Å². The zero-order valence-corrected chi connectivity index (χ0v) is 11.6. The third-order valence-electron chi connectivity index (χ3n) is 3.10. The Kier molecular flexibility index (Phi) is 3.64. The summed E-state index contributed by atoms with van der Waals surface area (Å²) in [6.45, 7) is 7.23. The molecule has 0 aliphatic heterocycles. The van der Waals surface area contributed by atoms with Crippen molar-refractivity contribution in [3.8, 4) is 0 Å². The molecule has 2 aromatic heterocycles. The maximum absolute atomic E-state index is 4.56. The van der Waals surface area contributed by atoms with Crippen molar-refractivity contribution in [3.05, 3.63) is 39.6 Å². The molecule has 2 heterocycles. The van der Waals surface area contributed by atoms with E-state index in [2.05, 4.69) is 54.1 Å². The molecule has 0 fully saturated rings. The average molecular weight is 249 g/mol. The Hall–Kier alpha value is -1.13. The van der Waals surface area contributed by atoms with Gasteiger partial charge in [-0.3, -0.25) is 0 Å². The van der Waals surface area contributed by atoms with E-state index in [1.807, 2.05) is 7.05 Å². The molecule has 3 nitrogen and oxygen atoms in total. The van der Waals surface area contributed by atoms with Gasteiger partial charge in [0.05, 0.1) is 12.2 Å². The zero-order valence-electron chi connectivity index (χ0n) is 10.8. The molecule has 1 unspecified atom stereocenters. The quantitative estimate of drug-likeness (QED) is 0.903. The molecule has 0 amide bonds. The van der Waals surface area contributed by atoms with Gasteiger partial charge in [0.15, 0.2) is 0 Å². The van der Waals surface area contributed by atoms with Crippen molar-refractivity contribution in [1.29, 1.82) is 0 Å². The van der Waals surface area contributed by atoms with Crippen molar-refractivity contribution in [3.63, 3.8) is 0 Å². The van der Waals surface area contributed by atoms with Gasteiger partial charge in [-0.2, -0.15) is 0 Å². The molecule has 0 bridgehead atoms. The number of aryl methyl sites for hydroxylation is 2. The van der Waals surface area contributed by atoms with Gasteiger partial charge >= 0.3 is 0 Å². The highest BCUT2D eigenvalue weighted by atomic mass is 32.1. The van der Waals surface area contributed by atoms with Gasteiger partial charge in [0.2, 0.25) is 0 Å². The van der Waals surface area contributed by atoms with Crippen LogP contribution in [0.3, 0.4) is 0 Å². The van der Waals surface area contributed by atoms with E-state index in [1.165, 1.54) is 15.4 Å². The SMILES string of the molecule is CNC(C)c1ccn(Cc2nc(C)c(C)s2)c1. The van der Waals surface area contributed by atoms with Crippen molar-refractivity contribution in [1.82, 2.24) is 14.9 Å². The first kappa shape index (κ1) is 12.3. The minimum absolute atomic E-state index is 0.399. The molecule has 92 valence electrons. The molecule has 0 aromatic carbocycles. The first-order chi connectivity index (χ1) is 8.10.